The van der Waals surface area contributed by atoms with Crippen LogP contribution in [0.5, 0.6) is 0 Å². The zero-order chi connectivity index (χ0) is 12.3. The largest absolute Gasteiger partial charge is 0.316 e. The molecule has 0 aliphatic carbocycles. The molecule has 17 heavy (non-hydrogen) atoms. The van der Waals surface area contributed by atoms with Gasteiger partial charge in [0.2, 0.25) is 0 Å². The van der Waals surface area contributed by atoms with E-state index in [0.717, 1.165) is 36.0 Å². The molecule has 0 amide bonds. The molecule has 1 N–H and O–H groups in total. The summed E-state index contributed by atoms with van der Waals surface area (Å²) >= 11 is 3.44. The molecule has 1 aliphatic heterocycles. The highest BCUT2D eigenvalue weighted by molar-refractivity contribution is 9.10. The Morgan fingerprint density at radius 2 is 2.35 bits per heavy atom. The number of ketones is 1. The van der Waals surface area contributed by atoms with Gasteiger partial charge in [0.15, 0.2) is 0 Å². The highest BCUT2D eigenvalue weighted by atomic mass is 79.9. The van der Waals surface area contributed by atoms with Crippen LogP contribution in [0.3, 0.4) is 0 Å². The van der Waals surface area contributed by atoms with Gasteiger partial charge in [0.05, 0.1) is 0 Å². The van der Waals surface area contributed by atoms with Gasteiger partial charge in [0.25, 0.3) is 0 Å². The summed E-state index contributed by atoms with van der Waals surface area (Å²) < 4.78 is 1.04. The molecular weight excluding hydrogens is 278 g/mol. The molecular formula is C14H18BrNO. The van der Waals surface area contributed by atoms with Gasteiger partial charge in [-0.15, -0.1) is 0 Å². The van der Waals surface area contributed by atoms with E-state index in [1.54, 1.807) is 0 Å². The fourth-order valence-corrected chi connectivity index (χ4v) is 2.95. The van der Waals surface area contributed by atoms with Crippen molar-refractivity contribution in [2.45, 2.75) is 26.2 Å². The minimum absolute atomic E-state index is 0.123. The third kappa shape index (κ3) is 2.78. The maximum Gasteiger partial charge on any atom is 0.144 e. The molecule has 0 saturated carbocycles. The molecule has 1 heterocycles. The molecule has 1 fully saturated rings. The van der Waals surface area contributed by atoms with E-state index in [1.807, 2.05) is 24.3 Å². The summed E-state index contributed by atoms with van der Waals surface area (Å²) in [6, 6.07) is 8.02. The van der Waals surface area contributed by atoms with Gasteiger partial charge in [-0.2, -0.15) is 0 Å². The molecule has 0 bridgehead atoms. The quantitative estimate of drug-likeness (QED) is 0.925. The van der Waals surface area contributed by atoms with E-state index >= 15 is 0 Å². The average molecular weight is 296 g/mol. The Labute approximate surface area is 111 Å². The summed E-state index contributed by atoms with van der Waals surface area (Å²) in [5, 5.41) is 3.31. The molecule has 0 radical (unpaired) electrons. The fourth-order valence-electron chi connectivity index (χ4n) is 2.50. The van der Waals surface area contributed by atoms with Gasteiger partial charge in [-0.3, -0.25) is 4.79 Å². The molecule has 2 nitrogen and oxygen atoms in total. The smallest absolute Gasteiger partial charge is 0.144 e. The maximum atomic E-state index is 12.4. The Kier molecular flexibility index (Phi) is 4.00. The van der Waals surface area contributed by atoms with E-state index in [4.69, 9.17) is 0 Å². The minimum atomic E-state index is -0.123. The number of hydrogen-bond acceptors (Lipinski definition) is 2. The normalized spacial score (nSPS) is 23.9. The lowest BCUT2D eigenvalue weighted by Gasteiger charge is -2.24. The van der Waals surface area contributed by atoms with Crippen LogP contribution in [0.25, 0.3) is 0 Å². The SMILES string of the molecule is CCC1(C(=O)Cc2cccc(Br)c2)CCNC1. The third-order valence-electron chi connectivity index (χ3n) is 3.77. The Morgan fingerprint density at radius 3 is 2.94 bits per heavy atom. The van der Waals surface area contributed by atoms with Gasteiger partial charge in [0.1, 0.15) is 5.78 Å². The van der Waals surface area contributed by atoms with Crippen LogP contribution in [-0.4, -0.2) is 18.9 Å². The monoisotopic (exact) mass is 295 g/mol. The summed E-state index contributed by atoms with van der Waals surface area (Å²) in [7, 11) is 0. The number of benzene rings is 1. The fraction of sp³-hybridized carbons (Fsp3) is 0.500. The number of hydrogen-bond donors (Lipinski definition) is 1. The molecule has 0 spiro atoms. The van der Waals surface area contributed by atoms with Crippen molar-refractivity contribution in [3.8, 4) is 0 Å². The van der Waals surface area contributed by atoms with Gasteiger partial charge >= 0.3 is 0 Å². The van der Waals surface area contributed by atoms with Crippen LogP contribution >= 0.6 is 15.9 Å². The van der Waals surface area contributed by atoms with Gasteiger partial charge in [-0.25, -0.2) is 0 Å². The van der Waals surface area contributed by atoms with Crippen molar-refractivity contribution < 1.29 is 4.79 Å². The van der Waals surface area contributed by atoms with Crippen LogP contribution in [0.15, 0.2) is 28.7 Å². The first kappa shape index (κ1) is 12.8. The lowest BCUT2D eigenvalue weighted by atomic mass is 9.78. The highest BCUT2D eigenvalue weighted by Gasteiger charge is 2.38. The van der Waals surface area contributed by atoms with Crippen molar-refractivity contribution in [2.24, 2.45) is 5.41 Å². The number of halogens is 1. The van der Waals surface area contributed by atoms with Crippen LogP contribution in [0.4, 0.5) is 0 Å². The molecule has 92 valence electrons. The summed E-state index contributed by atoms with van der Waals surface area (Å²) in [6.07, 6.45) is 2.47. The molecule has 2 rings (SSSR count). The predicted octanol–water partition coefficient (Wildman–Crippen LogP) is 2.95. The van der Waals surface area contributed by atoms with Crippen molar-refractivity contribution in [1.82, 2.24) is 5.32 Å². The zero-order valence-corrected chi connectivity index (χ0v) is 11.7. The van der Waals surface area contributed by atoms with Crippen molar-refractivity contribution in [3.63, 3.8) is 0 Å². The minimum Gasteiger partial charge on any atom is -0.316 e. The van der Waals surface area contributed by atoms with E-state index in [0.29, 0.717) is 12.2 Å². The molecule has 1 unspecified atom stereocenters. The number of nitrogens with one attached hydrogen (secondary N) is 1. The first-order chi connectivity index (χ1) is 8.16. The topological polar surface area (TPSA) is 29.1 Å². The van der Waals surface area contributed by atoms with Crippen molar-refractivity contribution in [1.29, 1.82) is 0 Å². The number of carbonyl (C=O) groups excluding carboxylic acids is 1. The first-order valence-electron chi connectivity index (χ1n) is 6.15. The lowest BCUT2D eigenvalue weighted by molar-refractivity contribution is -0.127. The second kappa shape index (κ2) is 5.32. The van der Waals surface area contributed by atoms with Gasteiger partial charge in [-0.1, -0.05) is 35.0 Å². The van der Waals surface area contributed by atoms with Crippen LogP contribution in [0, 0.1) is 5.41 Å². The van der Waals surface area contributed by atoms with Gasteiger partial charge < -0.3 is 5.32 Å². The molecule has 0 aromatic heterocycles. The van der Waals surface area contributed by atoms with E-state index in [2.05, 4.69) is 28.2 Å². The summed E-state index contributed by atoms with van der Waals surface area (Å²) in [4.78, 5) is 12.4. The summed E-state index contributed by atoms with van der Waals surface area (Å²) in [5.41, 5.74) is 0.978. The van der Waals surface area contributed by atoms with E-state index in [-0.39, 0.29) is 5.41 Å². The second-order valence-electron chi connectivity index (χ2n) is 4.79. The van der Waals surface area contributed by atoms with Crippen LogP contribution in [0.1, 0.15) is 25.3 Å². The predicted molar refractivity (Wildman–Crippen MR) is 73.1 cm³/mol. The Hall–Kier alpha value is -0.670. The number of Topliss-reactive ketones (excluding diaryl/α,β-unsaturated/α-hetero) is 1. The van der Waals surface area contributed by atoms with Crippen molar-refractivity contribution in [3.05, 3.63) is 34.3 Å². The maximum absolute atomic E-state index is 12.4. The molecule has 1 aliphatic rings. The van der Waals surface area contributed by atoms with Crippen molar-refractivity contribution >= 4 is 21.7 Å². The zero-order valence-electron chi connectivity index (χ0n) is 10.1. The third-order valence-corrected chi connectivity index (χ3v) is 4.26. The molecule has 1 aromatic carbocycles. The number of rotatable bonds is 4. The van der Waals surface area contributed by atoms with E-state index < -0.39 is 0 Å². The highest BCUT2D eigenvalue weighted by Crippen LogP contribution is 2.31. The van der Waals surface area contributed by atoms with Crippen LogP contribution < -0.4 is 5.32 Å². The average Bonchev–Trinajstić information content (AvgIpc) is 2.78. The van der Waals surface area contributed by atoms with Crippen LogP contribution in [-0.2, 0) is 11.2 Å². The molecule has 1 aromatic rings. The number of carbonyl (C=O) groups is 1. The Bertz CT molecular complexity index is 410. The van der Waals surface area contributed by atoms with E-state index in [1.165, 1.54) is 0 Å². The summed E-state index contributed by atoms with van der Waals surface area (Å²) in [5.74, 6) is 0.378. The van der Waals surface area contributed by atoms with Crippen LogP contribution in [0.2, 0.25) is 0 Å². The second-order valence-corrected chi connectivity index (χ2v) is 5.71. The summed E-state index contributed by atoms with van der Waals surface area (Å²) in [6.45, 7) is 3.93. The standard InChI is InChI=1S/C14H18BrNO/c1-2-14(6-7-16-10-14)13(17)9-11-4-3-5-12(15)8-11/h3-5,8,16H,2,6-7,9-10H2,1H3. The first-order valence-corrected chi connectivity index (χ1v) is 6.94. The Balaban J connectivity index is 2.10. The Morgan fingerprint density at radius 1 is 1.53 bits per heavy atom. The van der Waals surface area contributed by atoms with Gasteiger partial charge in [-0.05, 0) is 37.1 Å². The lowest BCUT2D eigenvalue weighted by Crippen LogP contribution is -2.34. The van der Waals surface area contributed by atoms with Crippen molar-refractivity contribution in [2.75, 3.05) is 13.1 Å². The van der Waals surface area contributed by atoms with E-state index in [9.17, 15) is 4.79 Å². The molecule has 1 saturated heterocycles. The molecule has 1 atom stereocenters. The molecule has 3 heteroatoms. The van der Waals surface area contributed by atoms with Gasteiger partial charge in [0, 0.05) is 22.9 Å².